The molecule has 0 aliphatic heterocycles. The molecule has 0 unspecified atom stereocenters. The molecule has 3 aromatic carbocycles. The molecule has 0 aliphatic rings. The number of nitrogens with zero attached hydrogens (tertiary/aromatic N) is 3. The van der Waals surface area contributed by atoms with Gasteiger partial charge in [0.05, 0.1) is 24.8 Å². The van der Waals surface area contributed by atoms with E-state index in [1.165, 1.54) is 19.5 Å². The monoisotopic (exact) mass is 541 g/mol. The summed E-state index contributed by atoms with van der Waals surface area (Å²) in [5.74, 6) is 1.49. The van der Waals surface area contributed by atoms with Crippen molar-refractivity contribution in [3.8, 4) is 35.1 Å². The summed E-state index contributed by atoms with van der Waals surface area (Å²) in [7, 11) is 1.51. The molecule has 0 fully saturated rings. The van der Waals surface area contributed by atoms with Gasteiger partial charge in [0.1, 0.15) is 18.7 Å². The number of aromatic nitrogens is 2. The molecule has 4 aromatic rings. The van der Waals surface area contributed by atoms with Crippen molar-refractivity contribution in [2.24, 2.45) is 0 Å². The summed E-state index contributed by atoms with van der Waals surface area (Å²) in [6.07, 6.45) is 4.34. The molecule has 0 saturated carbocycles. The van der Waals surface area contributed by atoms with Gasteiger partial charge in [0, 0.05) is 11.1 Å². The number of halogens is 1. The van der Waals surface area contributed by atoms with E-state index in [-0.39, 0.29) is 18.4 Å². The van der Waals surface area contributed by atoms with E-state index in [0.717, 1.165) is 16.7 Å². The molecule has 0 radical (unpaired) electrons. The van der Waals surface area contributed by atoms with Crippen molar-refractivity contribution in [3.63, 3.8) is 0 Å². The molecule has 4 rings (SSSR count). The lowest BCUT2D eigenvalue weighted by atomic mass is 10.1. The molecule has 9 heteroatoms. The fourth-order valence-electron chi connectivity index (χ4n) is 3.65. The van der Waals surface area contributed by atoms with Crippen LogP contribution in [0, 0.1) is 25.2 Å². The average molecular weight is 542 g/mol. The van der Waals surface area contributed by atoms with E-state index in [2.05, 4.69) is 16.0 Å². The van der Waals surface area contributed by atoms with Gasteiger partial charge in [-0.25, -0.2) is 14.8 Å². The highest BCUT2D eigenvalue weighted by Gasteiger charge is 2.13. The Morgan fingerprint density at radius 2 is 1.64 bits per heavy atom. The molecule has 0 aliphatic carbocycles. The van der Waals surface area contributed by atoms with E-state index in [1.807, 2.05) is 13.8 Å². The largest absolute Gasteiger partial charge is 0.493 e. The predicted octanol–water partition coefficient (Wildman–Crippen LogP) is 6.97. The SMILES string of the molecule is COc1cc(COC(=O)/C=C/c2ccc(Cl)cc2)ccc1Oc1cc(Oc2c(C)cc(C#N)cc2C)ncn1. The normalized spacial score (nSPS) is 10.6. The molecule has 0 bridgehead atoms. The Labute approximate surface area is 231 Å². The predicted molar refractivity (Wildman–Crippen MR) is 146 cm³/mol. The molecule has 0 atom stereocenters. The first kappa shape index (κ1) is 27.2. The molecule has 196 valence electrons. The Bertz CT molecular complexity index is 1540. The minimum Gasteiger partial charge on any atom is -0.493 e. The van der Waals surface area contributed by atoms with Gasteiger partial charge in [-0.2, -0.15) is 5.26 Å². The Balaban J connectivity index is 1.41. The van der Waals surface area contributed by atoms with Crippen LogP contribution < -0.4 is 14.2 Å². The molecule has 0 saturated heterocycles. The number of esters is 1. The molecular weight excluding hydrogens is 518 g/mol. The second-order valence-corrected chi connectivity index (χ2v) is 8.86. The van der Waals surface area contributed by atoms with Gasteiger partial charge in [-0.1, -0.05) is 29.8 Å². The van der Waals surface area contributed by atoms with Crippen molar-refractivity contribution in [3.05, 3.63) is 106 Å². The van der Waals surface area contributed by atoms with Crippen molar-refractivity contribution >= 4 is 23.6 Å². The molecule has 1 heterocycles. The molecule has 39 heavy (non-hydrogen) atoms. The van der Waals surface area contributed by atoms with Crippen LogP contribution in [0.2, 0.25) is 5.02 Å². The number of carbonyl (C=O) groups excluding carboxylic acids is 1. The van der Waals surface area contributed by atoms with Crippen LogP contribution in [0.5, 0.6) is 29.0 Å². The van der Waals surface area contributed by atoms with Crippen LogP contribution in [-0.2, 0) is 16.1 Å². The van der Waals surface area contributed by atoms with Crippen molar-refractivity contribution in [1.29, 1.82) is 5.26 Å². The highest BCUT2D eigenvalue weighted by Crippen LogP contribution is 2.34. The van der Waals surface area contributed by atoms with Crippen LogP contribution in [0.3, 0.4) is 0 Å². The third kappa shape index (κ3) is 7.34. The fraction of sp³-hybridized carbons (Fsp3) is 0.133. The standard InChI is InChI=1S/C30H24ClN3O5/c1-19-12-23(16-32)13-20(2)30(19)39-28-15-27(33-18-34-28)38-25-10-6-22(14-26(25)36-3)17-37-29(35)11-7-21-4-8-24(31)9-5-21/h4-15,18H,17H2,1-3H3/b11-7+. The highest BCUT2D eigenvalue weighted by molar-refractivity contribution is 6.30. The van der Waals surface area contributed by atoms with Gasteiger partial charge in [-0.15, -0.1) is 0 Å². The molecule has 0 N–H and O–H groups in total. The summed E-state index contributed by atoms with van der Waals surface area (Å²) in [5, 5.41) is 9.78. The van der Waals surface area contributed by atoms with E-state index in [9.17, 15) is 4.79 Å². The second-order valence-electron chi connectivity index (χ2n) is 8.43. The topological polar surface area (TPSA) is 104 Å². The van der Waals surface area contributed by atoms with Gasteiger partial charge in [0.25, 0.3) is 0 Å². The van der Waals surface area contributed by atoms with Crippen molar-refractivity contribution in [1.82, 2.24) is 9.97 Å². The lowest BCUT2D eigenvalue weighted by Crippen LogP contribution is -2.01. The summed E-state index contributed by atoms with van der Waals surface area (Å²) in [5.41, 5.74) is 3.73. The Hall–Kier alpha value is -4.87. The van der Waals surface area contributed by atoms with Gasteiger partial charge in [-0.05, 0) is 78.6 Å². The van der Waals surface area contributed by atoms with E-state index >= 15 is 0 Å². The molecular formula is C30H24ClN3O5. The number of nitriles is 1. The Kier molecular flexibility index (Phi) is 8.77. The van der Waals surface area contributed by atoms with Gasteiger partial charge in [0.2, 0.25) is 11.8 Å². The van der Waals surface area contributed by atoms with E-state index in [1.54, 1.807) is 66.7 Å². The van der Waals surface area contributed by atoms with Crippen molar-refractivity contribution < 1.29 is 23.7 Å². The maximum absolute atomic E-state index is 12.1. The van der Waals surface area contributed by atoms with Gasteiger partial charge < -0.3 is 18.9 Å². The third-order valence-corrected chi connectivity index (χ3v) is 5.77. The third-order valence-electron chi connectivity index (χ3n) is 5.52. The van der Waals surface area contributed by atoms with E-state index in [0.29, 0.717) is 33.4 Å². The van der Waals surface area contributed by atoms with Gasteiger partial charge in [0.15, 0.2) is 11.5 Å². The van der Waals surface area contributed by atoms with E-state index in [4.69, 9.17) is 35.8 Å². The number of ether oxygens (including phenoxy) is 4. The van der Waals surface area contributed by atoms with Crippen LogP contribution in [0.1, 0.15) is 27.8 Å². The lowest BCUT2D eigenvalue weighted by Gasteiger charge is -2.13. The molecule has 0 amide bonds. The second kappa shape index (κ2) is 12.6. The Morgan fingerprint density at radius 1 is 0.949 bits per heavy atom. The number of rotatable bonds is 9. The zero-order valence-corrected chi connectivity index (χ0v) is 22.2. The van der Waals surface area contributed by atoms with Crippen LogP contribution in [0.25, 0.3) is 6.08 Å². The summed E-state index contributed by atoms with van der Waals surface area (Å²) < 4.78 is 22.7. The van der Waals surface area contributed by atoms with Crippen LogP contribution >= 0.6 is 11.6 Å². The number of aryl methyl sites for hydroxylation is 2. The molecule has 0 spiro atoms. The van der Waals surface area contributed by atoms with Gasteiger partial charge in [-0.3, -0.25) is 0 Å². The number of carbonyl (C=O) groups is 1. The maximum Gasteiger partial charge on any atom is 0.331 e. The number of hydrogen-bond donors (Lipinski definition) is 0. The molecule has 8 nitrogen and oxygen atoms in total. The first-order valence-electron chi connectivity index (χ1n) is 11.8. The minimum atomic E-state index is -0.481. The minimum absolute atomic E-state index is 0.0508. The number of benzene rings is 3. The lowest BCUT2D eigenvalue weighted by molar-refractivity contribution is -0.138. The summed E-state index contributed by atoms with van der Waals surface area (Å²) in [6.45, 7) is 3.78. The quantitative estimate of drug-likeness (QED) is 0.165. The zero-order valence-electron chi connectivity index (χ0n) is 21.5. The average Bonchev–Trinajstić information content (AvgIpc) is 2.94. The van der Waals surface area contributed by atoms with E-state index < -0.39 is 5.97 Å². The number of hydrogen-bond acceptors (Lipinski definition) is 8. The number of methoxy groups -OCH3 is 1. The Morgan fingerprint density at radius 3 is 2.31 bits per heavy atom. The summed E-state index contributed by atoms with van der Waals surface area (Å²) in [6, 6.07) is 19.5. The van der Waals surface area contributed by atoms with Crippen LogP contribution in [0.15, 0.2) is 73.1 Å². The van der Waals surface area contributed by atoms with Crippen LogP contribution in [-0.4, -0.2) is 23.0 Å². The first-order valence-corrected chi connectivity index (χ1v) is 12.2. The summed E-state index contributed by atoms with van der Waals surface area (Å²) in [4.78, 5) is 20.5. The molecule has 1 aromatic heterocycles. The first-order chi connectivity index (χ1) is 18.8. The van der Waals surface area contributed by atoms with Gasteiger partial charge >= 0.3 is 5.97 Å². The maximum atomic E-state index is 12.1. The summed E-state index contributed by atoms with van der Waals surface area (Å²) >= 11 is 5.87. The fourth-order valence-corrected chi connectivity index (χ4v) is 3.78. The van der Waals surface area contributed by atoms with Crippen molar-refractivity contribution in [2.75, 3.05) is 7.11 Å². The highest BCUT2D eigenvalue weighted by atomic mass is 35.5. The smallest absolute Gasteiger partial charge is 0.331 e. The van der Waals surface area contributed by atoms with Crippen molar-refractivity contribution in [2.45, 2.75) is 20.5 Å². The zero-order chi connectivity index (χ0) is 27.8. The van der Waals surface area contributed by atoms with Crippen LogP contribution in [0.4, 0.5) is 0 Å².